The van der Waals surface area contributed by atoms with Crippen LogP contribution in [0.5, 0.6) is 0 Å². The van der Waals surface area contributed by atoms with Crippen LogP contribution in [0.4, 0.5) is 4.79 Å². The van der Waals surface area contributed by atoms with Crippen molar-refractivity contribution in [1.29, 1.82) is 5.26 Å². The van der Waals surface area contributed by atoms with Crippen molar-refractivity contribution >= 4 is 44.9 Å². The second-order valence-corrected chi connectivity index (χ2v) is 6.45. The zero-order valence-corrected chi connectivity index (χ0v) is 14.1. The van der Waals surface area contributed by atoms with Crippen LogP contribution in [0.25, 0.3) is 6.08 Å². The van der Waals surface area contributed by atoms with E-state index in [1.165, 1.54) is 6.08 Å². The number of thioether (sulfide) groups is 1. The van der Waals surface area contributed by atoms with Gasteiger partial charge in [-0.1, -0.05) is 18.2 Å². The lowest BCUT2D eigenvalue weighted by Crippen LogP contribution is -2.27. The van der Waals surface area contributed by atoms with E-state index >= 15 is 0 Å². The van der Waals surface area contributed by atoms with Gasteiger partial charge in [-0.25, -0.2) is 0 Å². The van der Waals surface area contributed by atoms with Crippen LogP contribution in [0.3, 0.4) is 0 Å². The Morgan fingerprint density at radius 3 is 2.74 bits per heavy atom. The third kappa shape index (κ3) is 3.23. The Morgan fingerprint density at radius 2 is 2.04 bits per heavy atom. The molecule has 5 nitrogen and oxygen atoms in total. The fourth-order valence-electron chi connectivity index (χ4n) is 2.11. The van der Waals surface area contributed by atoms with Crippen LogP contribution in [-0.2, 0) is 11.3 Å². The molecule has 0 N–H and O–H groups in total. The summed E-state index contributed by atoms with van der Waals surface area (Å²) in [6, 6.07) is 12.4. The first-order chi connectivity index (χ1) is 11.1. The largest absolute Gasteiger partial charge is 0.450 e. The highest BCUT2D eigenvalue weighted by atomic mass is 79.9. The van der Waals surface area contributed by atoms with E-state index in [0.717, 1.165) is 16.7 Å². The Labute approximate surface area is 144 Å². The van der Waals surface area contributed by atoms with Crippen LogP contribution in [0, 0.1) is 11.3 Å². The fraction of sp³-hybridized carbons (Fsp3) is 0.0625. The van der Waals surface area contributed by atoms with E-state index in [9.17, 15) is 9.59 Å². The quantitative estimate of drug-likeness (QED) is 0.738. The molecule has 0 aliphatic carbocycles. The number of carbonyl (C=O) groups is 2. The average molecular weight is 389 g/mol. The summed E-state index contributed by atoms with van der Waals surface area (Å²) in [6.45, 7) is 0.0770. The van der Waals surface area contributed by atoms with Crippen LogP contribution in [0.15, 0.2) is 50.4 Å². The molecule has 1 aliphatic rings. The Hall–Kier alpha value is -2.30. The van der Waals surface area contributed by atoms with Crippen LogP contribution in [0.2, 0.25) is 0 Å². The molecule has 1 saturated heterocycles. The number of carbonyl (C=O) groups excluding carboxylic acids is 2. The van der Waals surface area contributed by atoms with Gasteiger partial charge in [-0.3, -0.25) is 14.5 Å². The fourth-order valence-corrected chi connectivity index (χ4v) is 3.25. The molecule has 7 heteroatoms. The standard InChI is InChI=1S/C16H9BrN2O3S/c17-14-6-5-12(22-14)7-13-15(20)19(16(21)23-13)9-11-4-2-1-3-10(11)8-18/h1-7H,9H2/b13-7-. The maximum Gasteiger partial charge on any atom is 0.293 e. The van der Waals surface area contributed by atoms with Crippen molar-refractivity contribution in [3.8, 4) is 6.07 Å². The number of halogens is 1. The second kappa shape index (κ2) is 6.44. The number of amides is 2. The third-order valence-corrected chi connectivity index (χ3v) is 4.54. The van der Waals surface area contributed by atoms with Gasteiger partial charge in [0.1, 0.15) is 5.76 Å². The number of hydrogen-bond donors (Lipinski definition) is 0. The highest BCUT2D eigenvalue weighted by Crippen LogP contribution is 2.34. The Morgan fingerprint density at radius 1 is 1.26 bits per heavy atom. The number of nitriles is 1. The molecule has 1 fully saturated rings. The van der Waals surface area contributed by atoms with Crippen LogP contribution < -0.4 is 0 Å². The number of benzene rings is 1. The highest BCUT2D eigenvalue weighted by molar-refractivity contribution is 9.10. The Bertz CT molecular complexity index is 866. The van der Waals surface area contributed by atoms with Crippen molar-refractivity contribution in [2.24, 2.45) is 0 Å². The second-order valence-electron chi connectivity index (χ2n) is 4.68. The van der Waals surface area contributed by atoms with E-state index in [1.807, 2.05) is 0 Å². The van der Waals surface area contributed by atoms with Gasteiger partial charge in [0, 0.05) is 6.08 Å². The van der Waals surface area contributed by atoms with E-state index < -0.39 is 0 Å². The predicted molar refractivity (Wildman–Crippen MR) is 89.1 cm³/mol. The molecule has 0 bridgehead atoms. The highest BCUT2D eigenvalue weighted by Gasteiger charge is 2.35. The van der Waals surface area contributed by atoms with Gasteiger partial charge in [0.15, 0.2) is 4.67 Å². The topological polar surface area (TPSA) is 74.3 Å². The van der Waals surface area contributed by atoms with Crippen molar-refractivity contribution in [2.45, 2.75) is 6.54 Å². The van der Waals surface area contributed by atoms with E-state index in [4.69, 9.17) is 9.68 Å². The van der Waals surface area contributed by atoms with Crippen molar-refractivity contribution in [1.82, 2.24) is 4.90 Å². The lowest BCUT2D eigenvalue weighted by Gasteiger charge is -2.13. The van der Waals surface area contributed by atoms with Gasteiger partial charge in [0.25, 0.3) is 11.1 Å². The minimum atomic E-state index is -0.389. The minimum absolute atomic E-state index is 0.0770. The van der Waals surface area contributed by atoms with Crippen LogP contribution >= 0.6 is 27.7 Å². The first-order valence-corrected chi connectivity index (χ1v) is 8.18. The summed E-state index contributed by atoms with van der Waals surface area (Å²) >= 11 is 4.04. The van der Waals surface area contributed by atoms with Crippen molar-refractivity contribution in [2.75, 3.05) is 0 Å². The molecule has 23 heavy (non-hydrogen) atoms. The molecule has 1 aromatic heterocycles. The third-order valence-electron chi connectivity index (χ3n) is 3.21. The van der Waals surface area contributed by atoms with E-state index in [-0.39, 0.29) is 17.7 Å². The zero-order valence-electron chi connectivity index (χ0n) is 11.7. The average Bonchev–Trinajstić information content (AvgIpc) is 3.06. The summed E-state index contributed by atoms with van der Waals surface area (Å²) in [5.41, 5.74) is 1.09. The molecular formula is C16H9BrN2O3S. The number of furan rings is 1. The van der Waals surface area contributed by atoms with Crippen LogP contribution in [0.1, 0.15) is 16.9 Å². The summed E-state index contributed by atoms with van der Waals surface area (Å²) in [6.07, 6.45) is 1.53. The summed E-state index contributed by atoms with van der Waals surface area (Å²) < 4.78 is 5.87. The molecule has 0 radical (unpaired) electrons. The van der Waals surface area contributed by atoms with Gasteiger partial charge in [-0.15, -0.1) is 0 Å². The first-order valence-electron chi connectivity index (χ1n) is 6.57. The Balaban J connectivity index is 1.85. The van der Waals surface area contributed by atoms with E-state index in [0.29, 0.717) is 26.5 Å². The molecular weight excluding hydrogens is 380 g/mol. The number of nitrogens with zero attached hydrogens (tertiary/aromatic N) is 2. The van der Waals surface area contributed by atoms with Gasteiger partial charge in [0.05, 0.1) is 23.1 Å². The van der Waals surface area contributed by atoms with E-state index in [1.54, 1.807) is 36.4 Å². The molecule has 0 saturated carbocycles. The maximum atomic E-state index is 12.4. The van der Waals surface area contributed by atoms with Gasteiger partial charge in [-0.2, -0.15) is 5.26 Å². The lowest BCUT2D eigenvalue weighted by atomic mass is 10.1. The zero-order chi connectivity index (χ0) is 16.4. The normalized spacial score (nSPS) is 16.2. The van der Waals surface area contributed by atoms with E-state index in [2.05, 4.69) is 22.0 Å². The monoisotopic (exact) mass is 388 g/mol. The molecule has 1 aromatic carbocycles. The SMILES string of the molecule is N#Cc1ccccc1CN1C(=O)S/C(=C\c2ccc(Br)o2)C1=O. The van der Waals surface area contributed by atoms with Gasteiger partial charge in [-0.05, 0) is 51.5 Å². The predicted octanol–water partition coefficient (Wildman–Crippen LogP) is 4.15. The first kappa shape index (κ1) is 15.6. The molecule has 0 unspecified atom stereocenters. The number of imide groups is 1. The van der Waals surface area contributed by atoms with Crippen LogP contribution in [-0.4, -0.2) is 16.0 Å². The van der Waals surface area contributed by atoms with Gasteiger partial charge < -0.3 is 4.42 Å². The molecule has 2 amide bonds. The Kier molecular flexibility index (Phi) is 4.37. The lowest BCUT2D eigenvalue weighted by molar-refractivity contribution is -0.123. The summed E-state index contributed by atoms with van der Waals surface area (Å²) in [5, 5.41) is 8.74. The number of rotatable bonds is 3. The molecule has 0 atom stereocenters. The molecule has 114 valence electrons. The summed E-state index contributed by atoms with van der Waals surface area (Å²) in [7, 11) is 0. The van der Waals surface area contributed by atoms with Crippen molar-refractivity contribution in [3.05, 3.63) is 62.9 Å². The van der Waals surface area contributed by atoms with Crippen molar-refractivity contribution < 1.29 is 14.0 Å². The molecule has 0 spiro atoms. The molecule has 2 aromatic rings. The summed E-state index contributed by atoms with van der Waals surface area (Å²) in [5.74, 6) is 0.0973. The minimum Gasteiger partial charge on any atom is -0.450 e. The van der Waals surface area contributed by atoms with Crippen molar-refractivity contribution in [3.63, 3.8) is 0 Å². The smallest absolute Gasteiger partial charge is 0.293 e. The maximum absolute atomic E-state index is 12.4. The van der Waals surface area contributed by atoms with Gasteiger partial charge in [0.2, 0.25) is 0 Å². The molecule has 1 aliphatic heterocycles. The molecule has 2 heterocycles. The number of hydrogen-bond acceptors (Lipinski definition) is 5. The summed E-state index contributed by atoms with van der Waals surface area (Å²) in [4.78, 5) is 25.9. The molecule has 3 rings (SSSR count). The van der Waals surface area contributed by atoms with Gasteiger partial charge >= 0.3 is 0 Å².